The highest BCUT2D eigenvalue weighted by Gasteiger charge is 2.05. The van der Waals surface area contributed by atoms with E-state index in [9.17, 15) is 9.90 Å². The molecule has 0 radical (unpaired) electrons. The Labute approximate surface area is 146 Å². The van der Waals surface area contributed by atoms with Gasteiger partial charge in [-0.3, -0.25) is 4.79 Å². The van der Waals surface area contributed by atoms with Gasteiger partial charge in [0.2, 0.25) is 0 Å². The fourth-order valence-corrected chi connectivity index (χ4v) is 2.48. The third kappa shape index (κ3) is 4.14. The van der Waals surface area contributed by atoms with Crippen molar-refractivity contribution in [3.8, 4) is 5.75 Å². The van der Waals surface area contributed by atoms with Crippen LogP contribution in [0.2, 0.25) is 0 Å². The quantitative estimate of drug-likeness (QED) is 0.495. The molecule has 3 aromatic carbocycles. The van der Waals surface area contributed by atoms with Crippen LogP contribution >= 0.6 is 0 Å². The van der Waals surface area contributed by atoms with Crippen LogP contribution < -0.4 is 10.7 Å². The van der Waals surface area contributed by atoms with Crippen LogP contribution in [0.1, 0.15) is 11.1 Å². The summed E-state index contributed by atoms with van der Waals surface area (Å²) in [7, 11) is 0. The number of phenolic OH excluding ortho intramolecular Hbond substituents is 1. The molecular weight excluding hydrogens is 314 g/mol. The number of carbonyl (C=O) groups is 1. The average molecular weight is 333 g/mol. The SMILES string of the molecule is Cc1ccc(NCC(=O)N/N=C/c2c(O)ccc3ccccc23)cc1. The van der Waals surface area contributed by atoms with E-state index in [1.807, 2.05) is 61.5 Å². The number of aryl methyl sites for hydroxylation is 1. The minimum atomic E-state index is -0.267. The van der Waals surface area contributed by atoms with Crippen molar-refractivity contribution in [2.24, 2.45) is 5.10 Å². The molecule has 0 atom stereocenters. The van der Waals surface area contributed by atoms with E-state index >= 15 is 0 Å². The zero-order valence-corrected chi connectivity index (χ0v) is 13.9. The number of nitrogens with one attached hydrogen (secondary N) is 2. The van der Waals surface area contributed by atoms with Crippen molar-refractivity contribution in [3.63, 3.8) is 0 Å². The monoisotopic (exact) mass is 333 g/mol. The Kier molecular flexibility index (Phi) is 4.95. The summed E-state index contributed by atoms with van der Waals surface area (Å²) in [6.07, 6.45) is 1.46. The second-order valence-electron chi connectivity index (χ2n) is 5.73. The van der Waals surface area contributed by atoms with Gasteiger partial charge >= 0.3 is 0 Å². The predicted molar refractivity (Wildman–Crippen MR) is 101 cm³/mol. The lowest BCUT2D eigenvalue weighted by Gasteiger charge is -2.06. The number of aromatic hydroxyl groups is 1. The summed E-state index contributed by atoms with van der Waals surface area (Å²) in [4.78, 5) is 11.9. The van der Waals surface area contributed by atoms with Crippen LogP contribution in [-0.2, 0) is 4.79 Å². The lowest BCUT2D eigenvalue weighted by Crippen LogP contribution is -2.25. The Hall–Kier alpha value is -3.34. The molecule has 0 bridgehead atoms. The van der Waals surface area contributed by atoms with Crippen molar-refractivity contribution in [1.82, 2.24) is 5.43 Å². The maximum Gasteiger partial charge on any atom is 0.259 e. The van der Waals surface area contributed by atoms with E-state index in [1.54, 1.807) is 6.07 Å². The van der Waals surface area contributed by atoms with Gasteiger partial charge in [-0.15, -0.1) is 0 Å². The number of fused-ring (bicyclic) bond motifs is 1. The highest BCUT2D eigenvalue weighted by molar-refractivity contribution is 6.02. The predicted octanol–water partition coefficient (Wildman–Crippen LogP) is 3.42. The third-order valence-corrected chi connectivity index (χ3v) is 3.84. The lowest BCUT2D eigenvalue weighted by atomic mass is 10.0. The van der Waals surface area contributed by atoms with Crippen LogP contribution in [0, 0.1) is 6.92 Å². The van der Waals surface area contributed by atoms with Crippen LogP contribution in [0.4, 0.5) is 5.69 Å². The molecule has 3 aromatic rings. The number of benzene rings is 3. The molecule has 0 aromatic heterocycles. The Morgan fingerprint density at radius 1 is 1.08 bits per heavy atom. The molecule has 1 amide bonds. The fourth-order valence-electron chi connectivity index (χ4n) is 2.48. The molecule has 0 fully saturated rings. The summed E-state index contributed by atoms with van der Waals surface area (Å²) in [5.74, 6) is -0.147. The molecular formula is C20H19N3O2. The zero-order chi connectivity index (χ0) is 17.6. The van der Waals surface area contributed by atoms with Crippen molar-refractivity contribution >= 4 is 28.6 Å². The number of hydrazone groups is 1. The molecule has 0 spiro atoms. The number of hydrogen-bond donors (Lipinski definition) is 3. The van der Waals surface area contributed by atoms with Gasteiger partial charge in [0.1, 0.15) is 5.75 Å². The molecule has 3 N–H and O–H groups in total. The molecule has 25 heavy (non-hydrogen) atoms. The molecule has 0 aliphatic rings. The normalized spacial score (nSPS) is 10.9. The first-order valence-corrected chi connectivity index (χ1v) is 7.96. The van der Waals surface area contributed by atoms with E-state index in [-0.39, 0.29) is 18.2 Å². The van der Waals surface area contributed by atoms with Crippen LogP contribution in [0.25, 0.3) is 10.8 Å². The second kappa shape index (κ2) is 7.49. The Morgan fingerprint density at radius 3 is 2.64 bits per heavy atom. The van der Waals surface area contributed by atoms with Gasteiger partial charge in [0.15, 0.2) is 0 Å². The molecule has 0 heterocycles. The molecule has 0 saturated heterocycles. The summed E-state index contributed by atoms with van der Waals surface area (Å²) >= 11 is 0. The minimum absolute atomic E-state index is 0.113. The van der Waals surface area contributed by atoms with Gasteiger partial charge in [-0.05, 0) is 35.9 Å². The first-order chi connectivity index (χ1) is 12.1. The van der Waals surface area contributed by atoms with Crippen LogP contribution in [-0.4, -0.2) is 23.8 Å². The molecule has 5 heteroatoms. The van der Waals surface area contributed by atoms with E-state index < -0.39 is 0 Å². The van der Waals surface area contributed by atoms with E-state index in [2.05, 4.69) is 15.8 Å². The van der Waals surface area contributed by atoms with Gasteiger partial charge in [-0.25, -0.2) is 5.43 Å². The van der Waals surface area contributed by atoms with Gasteiger partial charge in [0.05, 0.1) is 12.8 Å². The lowest BCUT2D eigenvalue weighted by molar-refractivity contribution is -0.119. The number of nitrogens with zero attached hydrogens (tertiary/aromatic N) is 1. The number of phenols is 1. The Morgan fingerprint density at radius 2 is 1.84 bits per heavy atom. The first-order valence-electron chi connectivity index (χ1n) is 7.96. The summed E-state index contributed by atoms with van der Waals surface area (Å²) in [6.45, 7) is 2.12. The first kappa shape index (κ1) is 16.5. The summed E-state index contributed by atoms with van der Waals surface area (Å²) in [5.41, 5.74) is 5.07. The Bertz CT molecular complexity index is 918. The Balaban J connectivity index is 1.62. The van der Waals surface area contributed by atoms with E-state index in [4.69, 9.17) is 0 Å². The highest BCUT2D eigenvalue weighted by atomic mass is 16.3. The smallest absolute Gasteiger partial charge is 0.259 e. The summed E-state index contributed by atoms with van der Waals surface area (Å²) < 4.78 is 0. The van der Waals surface area contributed by atoms with Gasteiger partial charge in [0.25, 0.3) is 5.91 Å². The zero-order valence-electron chi connectivity index (χ0n) is 13.9. The van der Waals surface area contributed by atoms with Crippen LogP contribution in [0.15, 0.2) is 65.8 Å². The summed E-state index contributed by atoms with van der Waals surface area (Å²) in [6, 6.07) is 18.9. The standard InChI is InChI=1S/C20H19N3O2/c1-14-6-9-16(10-7-14)21-13-20(25)23-22-12-18-17-5-3-2-4-15(17)8-11-19(18)24/h2-12,21,24H,13H2,1H3,(H,23,25)/b22-12+. The van der Waals surface area contributed by atoms with Gasteiger partial charge in [-0.2, -0.15) is 5.10 Å². The number of hydrogen-bond acceptors (Lipinski definition) is 4. The molecule has 0 aliphatic heterocycles. The number of anilines is 1. The van der Waals surface area contributed by atoms with E-state index in [0.717, 1.165) is 22.0 Å². The van der Waals surface area contributed by atoms with Crippen molar-refractivity contribution in [2.45, 2.75) is 6.92 Å². The van der Waals surface area contributed by atoms with Gasteiger partial charge < -0.3 is 10.4 Å². The van der Waals surface area contributed by atoms with Gasteiger partial charge in [-0.1, -0.05) is 48.0 Å². The average Bonchev–Trinajstić information content (AvgIpc) is 2.63. The van der Waals surface area contributed by atoms with Crippen LogP contribution in [0.5, 0.6) is 5.75 Å². The molecule has 0 aliphatic carbocycles. The van der Waals surface area contributed by atoms with Crippen molar-refractivity contribution in [2.75, 3.05) is 11.9 Å². The van der Waals surface area contributed by atoms with Crippen LogP contribution in [0.3, 0.4) is 0 Å². The molecule has 0 unspecified atom stereocenters. The third-order valence-electron chi connectivity index (χ3n) is 3.84. The summed E-state index contributed by atoms with van der Waals surface area (Å²) in [5, 5.41) is 18.9. The second-order valence-corrected chi connectivity index (χ2v) is 5.73. The fraction of sp³-hybridized carbons (Fsp3) is 0.100. The number of amides is 1. The largest absolute Gasteiger partial charge is 0.507 e. The van der Waals surface area contributed by atoms with E-state index in [0.29, 0.717) is 5.56 Å². The van der Waals surface area contributed by atoms with Crippen molar-refractivity contribution < 1.29 is 9.90 Å². The molecule has 3 rings (SSSR count). The molecule has 0 saturated carbocycles. The van der Waals surface area contributed by atoms with Gasteiger partial charge in [0, 0.05) is 11.3 Å². The topological polar surface area (TPSA) is 73.7 Å². The molecule has 126 valence electrons. The van der Waals surface area contributed by atoms with Crippen molar-refractivity contribution in [3.05, 3.63) is 71.8 Å². The molecule has 5 nitrogen and oxygen atoms in total. The highest BCUT2D eigenvalue weighted by Crippen LogP contribution is 2.25. The minimum Gasteiger partial charge on any atom is -0.507 e. The van der Waals surface area contributed by atoms with E-state index in [1.165, 1.54) is 6.21 Å². The number of carbonyl (C=O) groups excluding carboxylic acids is 1. The maximum absolute atomic E-state index is 11.9. The maximum atomic E-state index is 11.9. The van der Waals surface area contributed by atoms with Crippen molar-refractivity contribution in [1.29, 1.82) is 0 Å². The number of rotatable bonds is 5.